The van der Waals surface area contributed by atoms with Gasteiger partial charge in [0.25, 0.3) is 10.0 Å². The van der Waals surface area contributed by atoms with Gasteiger partial charge in [-0.05, 0) is 48.7 Å². The van der Waals surface area contributed by atoms with Crippen LogP contribution in [0.3, 0.4) is 0 Å². The molecule has 0 heterocycles. The van der Waals surface area contributed by atoms with Crippen LogP contribution in [-0.2, 0) is 16.4 Å². The number of hydrogen-bond acceptors (Lipinski definition) is 2. The van der Waals surface area contributed by atoms with Gasteiger partial charge in [0.15, 0.2) is 0 Å². The molecule has 0 unspecified atom stereocenters. The van der Waals surface area contributed by atoms with Gasteiger partial charge < -0.3 is 0 Å². The van der Waals surface area contributed by atoms with Gasteiger partial charge in [-0.2, -0.15) is 0 Å². The van der Waals surface area contributed by atoms with Crippen LogP contribution in [-0.4, -0.2) is 8.42 Å². The number of sulfonamides is 1. The van der Waals surface area contributed by atoms with E-state index in [4.69, 9.17) is 0 Å². The third-order valence-electron chi connectivity index (χ3n) is 4.00. The van der Waals surface area contributed by atoms with Crippen molar-refractivity contribution in [2.75, 3.05) is 4.72 Å². The summed E-state index contributed by atoms with van der Waals surface area (Å²) in [5, 5.41) is 0. The van der Waals surface area contributed by atoms with Gasteiger partial charge in [0, 0.05) is 5.69 Å². The molecular formula is C22H21NO2S. The van der Waals surface area contributed by atoms with Crippen LogP contribution in [0.25, 0.3) is 6.08 Å². The summed E-state index contributed by atoms with van der Waals surface area (Å²) in [6.07, 6.45) is 4.97. The summed E-state index contributed by atoms with van der Waals surface area (Å²) >= 11 is 0. The van der Waals surface area contributed by atoms with Crippen LogP contribution < -0.4 is 4.72 Å². The maximum absolute atomic E-state index is 12.4. The molecule has 0 aliphatic rings. The van der Waals surface area contributed by atoms with E-state index in [0.717, 1.165) is 23.1 Å². The number of benzene rings is 3. The summed E-state index contributed by atoms with van der Waals surface area (Å²) in [6.45, 7) is 1.93. The smallest absolute Gasteiger partial charge is 0.261 e. The summed E-state index contributed by atoms with van der Waals surface area (Å²) in [6, 6.07) is 24.4. The van der Waals surface area contributed by atoms with Crippen LogP contribution in [0, 0.1) is 6.92 Å². The molecule has 26 heavy (non-hydrogen) atoms. The second-order valence-corrected chi connectivity index (χ2v) is 7.82. The lowest BCUT2D eigenvalue weighted by Crippen LogP contribution is -2.12. The van der Waals surface area contributed by atoms with Gasteiger partial charge in [-0.1, -0.05) is 72.3 Å². The van der Waals surface area contributed by atoms with Gasteiger partial charge in [0.2, 0.25) is 0 Å². The number of allylic oxidation sites excluding steroid dienone is 1. The highest BCUT2D eigenvalue weighted by molar-refractivity contribution is 7.92. The van der Waals surface area contributed by atoms with Crippen molar-refractivity contribution in [2.45, 2.75) is 18.2 Å². The summed E-state index contributed by atoms with van der Waals surface area (Å²) in [5.74, 6) is 0. The molecule has 0 atom stereocenters. The van der Waals surface area contributed by atoms with Gasteiger partial charge in [-0.25, -0.2) is 8.42 Å². The molecule has 0 radical (unpaired) electrons. The van der Waals surface area contributed by atoms with Gasteiger partial charge in [-0.15, -0.1) is 0 Å². The predicted molar refractivity (Wildman–Crippen MR) is 108 cm³/mol. The molecule has 0 amide bonds. The number of aryl methyl sites for hydroxylation is 1. The quantitative estimate of drug-likeness (QED) is 0.666. The topological polar surface area (TPSA) is 46.2 Å². The molecule has 3 nitrogen and oxygen atoms in total. The van der Waals surface area contributed by atoms with E-state index in [1.165, 1.54) is 0 Å². The molecule has 0 bridgehead atoms. The van der Waals surface area contributed by atoms with E-state index in [-0.39, 0.29) is 4.90 Å². The van der Waals surface area contributed by atoms with Gasteiger partial charge >= 0.3 is 0 Å². The molecular weight excluding hydrogens is 342 g/mol. The highest BCUT2D eigenvalue weighted by Gasteiger charge is 2.13. The number of hydrogen-bond donors (Lipinski definition) is 1. The Morgan fingerprint density at radius 3 is 2.15 bits per heavy atom. The Bertz CT molecular complexity index is 975. The number of anilines is 1. The first-order valence-electron chi connectivity index (χ1n) is 8.43. The average Bonchev–Trinajstić information content (AvgIpc) is 2.64. The summed E-state index contributed by atoms with van der Waals surface area (Å²) in [4.78, 5) is 0.262. The molecule has 1 N–H and O–H groups in total. The Labute approximate surface area is 155 Å². The molecule has 0 fully saturated rings. The maximum atomic E-state index is 12.4. The number of nitrogens with one attached hydrogen (secondary N) is 1. The van der Waals surface area contributed by atoms with Crippen LogP contribution in [0.4, 0.5) is 5.69 Å². The fraction of sp³-hybridized carbons (Fsp3) is 0.0909. The van der Waals surface area contributed by atoms with Crippen molar-refractivity contribution in [1.29, 1.82) is 0 Å². The average molecular weight is 363 g/mol. The molecule has 0 saturated heterocycles. The highest BCUT2D eigenvalue weighted by atomic mass is 32.2. The van der Waals surface area contributed by atoms with Crippen molar-refractivity contribution in [3.8, 4) is 0 Å². The molecule has 132 valence electrons. The lowest BCUT2D eigenvalue weighted by Gasteiger charge is -2.09. The van der Waals surface area contributed by atoms with Crippen molar-refractivity contribution in [3.05, 3.63) is 102 Å². The van der Waals surface area contributed by atoms with Crippen LogP contribution in [0.5, 0.6) is 0 Å². The standard InChI is InChI=1S/C22H21NO2S/c1-18-10-16-22(17-11-18)26(24,25)23-21-14-12-20(13-15-21)9-5-8-19-6-3-2-4-7-19/h2-8,10-17,23H,9H2,1H3/b8-5+. The zero-order valence-electron chi connectivity index (χ0n) is 14.6. The third-order valence-corrected chi connectivity index (χ3v) is 5.40. The Morgan fingerprint density at radius 1 is 0.846 bits per heavy atom. The van der Waals surface area contributed by atoms with Crippen molar-refractivity contribution < 1.29 is 8.42 Å². The van der Waals surface area contributed by atoms with E-state index in [9.17, 15) is 8.42 Å². The zero-order chi connectivity index (χ0) is 18.4. The van der Waals surface area contributed by atoms with Crippen molar-refractivity contribution in [2.24, 2.45) is 0 Å². The van der Waals surface area contributed by atoms with E-state index in [0.29, 0.717) is 5.69 Å². The van der Waals surface area contributed by atoms with Crippen molar-refractivity contribution >= 4 is 21.8 Å². The first-order chi connectivity index (χ1) is 12.5. The van der Waals surface area contributed by atoms with E-state index in [2.05, 4.69) is 29.0 Å². The molecule has 0 spiro atoms. The summed E-state index contributed by atoms with van der Waals surface area (Å²) in [5.41, 5.74) is 3.86. The monoisotopic (exact) mass is 363 g/mol. The maximum Gasteiger partial charge on any atom is 0.261 e. The Morgan fingerprint density at radius 2 is 1.50 bits per heavy atom. The fourth-order valence-electron chi connectivity index (χ4n) is 2.54. The SMILES string of the molecule is Cc1ccc(S(=O)(=O)Nc2ccc(C/C=C/c3ccccc3)cc2)cc1. The second kappa shape index (κ2) is 8.02. The highest BCUT2D eigenvalue weighted by Crippen LogP contribution is 2.17. The van der Waals surface area contributed by atoms with Crippen LogP contribution in [0.1, 0.15) is 16.7 Å². The summed E-state index contributed by atoms with van der Waals surface area (Å²) < 4.78 is 27.4. The molecule has 0 aliphatic heterocycles. The third kappa shape index (κ3) is 4.83. The lowest BCUT2D eigenvalue weighted by molar-refractivity contribution is 0.601. The largest absolute Gasteiger partial charge is 0.280 e. The van der Waals surface area contributed by atoms with Crippen molar-refractivity contribution in [1.82, 2.24) is 0 Å². The second-order valence-electron chi connectivity index (χ2n) is 6.13. The first kappa shape index (κ1) is 18.0. The Hall–Kier alpha value is -2.85. The molecule has 4 heteroatoms. The van der Waals surface area contributed by atoms with Crippen molar-refractivity contribution in [3.63, 3.8) is 0 Å². The van der Waals surface area contributed by atoms with Gasteiger partial charge in [0.05, 0.1) is 4.90 Å². The molecule has 3 rings (SSSR count). The molecule has 3 aromatic rings. The predicted octanol–water partition coefficient (Wildman–Crippen LogP) is 5.05. The summed E-state index contributed by atoms with van der Waals surface area (Å²) in [7, 11) is -3.56. The Balaban J connectivity index is 1.64. The minimum absolute atomic E-state index is 0.262. The van der Waals surface area contributed by atoms with Gasteiger partial charge in [-0.3, -0.25) is 4.72 Å². The number of rotatable bonds is 6. The Kier molecular flexibility index (Phi) is 5.54. The lowest BCUT2D eigenvalue weighted by atomic mass is 10.1. The van der Waals surface area contributed by atoms with E-state index >= 15 is 0 Å². The normalized spacial score (nSPS) is 11.6. The molecule has 0 aromatic heterocycles. The minimum atomic E-state index is -3.56. The van der Waals surface area contributed by atoms with Crippen LogP contribution in [0.2, 0.25) is 0 Å². The van der Waals surface area contributed by atoms with Crippen LogP contribution in [0.15, 0.2) is 89.8 Å². The fourth-order valence-corrected chi connectivity index (χ4v) is 3.59. The molecule has 3 aromatic carbocycles. The first-order valence-corrected chi connectivity index (χ1v) is 9.91. The molecule has 0 saturated carbocycles. The zero-order valence-corrected chi connectivity index (χ0v) is 15.4. The van der Waals surface area contributed by atoms with Crippen LogP contribution >= 0.6 is 0 Å². The van der Waals surface area contributed by atoms with Gasteiger partial charge in [0.1, 0.15) is 0 Å². The minimum Gasteiger partial charge on any atom is -0.280 e. The molecule has 0 aliphatic carbocycles. The van der Waals surface area contributed by atoms with E-state index in [1.54, 1.807) is 36.4 Å². The van der Waals surface area contributed by atoms with E-state index in [1.807, 2.05) is 37.3 Å². The van der Waals surface area contributed by atoms with E-state index < -0.39 is 10.0 Å².